The summed E-state index contributed by atoms with van der Waals surface area (Å²) in [6.45, 7) is 6.94. The van der Waals surface area contributed by atoms with Crippen molar-refractivity contribution in [1.82, 2.24) is 15.2 Å². The molecule has 1 atom stereocenters. The number of nitrogens with zero attached hydrogens (tertiary/aromatic N) is 2. The Morgan fingerprint density at radius 3 is 2.88 bits per heavy atom. The van der Waals surface area contributed by atoms with E-state index in [2.05, 4.69) is 34.3 Å². The molecule has 1 fully saturated rings. The van der Waals surface area contributed by atoms with Crippen LogP contribution in [0.1, 0.15) is 18.9 Å². The molecule has 0 saturated carbocycles. The van der Waals surface area contributed by atoms with E-state index in [1.165, 1.54) is 25.1 Å². The first kappa shape index (κ1) is 11.6. The maximum Gasteiger partial charge on any atom is 0.0271 e. The van der Waals surface area contributed by atoms with Gasteiger partial charge in [-0.25, -0.2) is 0 Å². The van der Waals surface area contributed by atoms with Crippen molar-refractivity contribution >= 4 is 0 Å². The lowest BCUT2D eigenvalue weighted by Crippen LogP contribution is -2.32. The van der Waals surface area contributed by atoms with Crippen LogP contribution in [-0.4, -0.2) is 36.6 Å². The second kappa shape index (κ2) is 4.93. The van der Waals surface area contributed by atoms with Crippen molar-refractivity contribution in [3.8, 4) is 0 Å². The third-order valence-electron chi connectivity index (χ3n) is 3.40. The zero-order valence-corrected chi connectivity index (χ0v) is 10.2. The van der Waals surface area contributed by atoms with E-state index >= 15 is 0 Å². The highest BCUT2D eigenvalue weighted by molar-refractivity contribution is 5.10. The molecule has 2 rings (SSSR count). The van der Waals surface area contributed by atoms with Crippen molar-refractivity contribution < 1.29 is 0 Å². The minimum absolute atomic E-state index is 0.446. The fourth-order valence-electron chi connectivity index (χ4n) is 2.58. The number of pyridine rings is 1. The van der Waals surface area contributed by atoms with Gasteiger partial charge < -0.3 is 5.32 Å². The van der Waals surface area contributed by atoms with E-state index in [1.807, 2.05) is 19.4 Å². The van der Waals surface area contributed by atoms with E-state index in [9.17, 15) is 0 Å². The van der Waals surface area contributed by atoms with Gasteiger partial charge in [-0.15, -0.1) is 0 Å². The summed E-state index contributed by atoms with van der Waals surface area (Å²) in [6, 6.07) is 4.21. The summed E-state index contributed by atoms with van der Waals surface area (Å²) >= 11 is 0. The Morgan fingerprint density at radius 2 is 2.19 bits per heavy atom. The van der Waals surface area contributed by atoms with Gasteiger partial charge in [0.1, 0.15) is 0 Å². The maximum absolute atomic E-state index is 4.05. The molecular formula is C13H21N3. The van der Waals surface area contributed by atoms with Crippen molar-refractivity contribution in [3.63, 3.8) is 0 Å². The van der Waals surface area contributed by atoms with E-state index < -0.39 is 0 Å². The van der Waals surface area contributed by atoms with Crippen LogP contribution in [0, 0.1) is 5.41 Å². The van der Waals surface area contributed by atoms with Gasteiger partial charge in [0, 0.05) is 32.0 Å². The van der Waals surface area contributed by atoms with Gasteiger partial charge in [-0.2, -0.15) is 0 Å². The summed E-state index contributed by atoms with van der Waals surface area (Å²) in [5.74, 6) is 0. The molecule has 3 nitrogen and oxygen atoms in total. The SMILES string of the molecule is CNCC1(C)CCN(Cc2ccncc2)C1. The van der Waals surface area contributed by atoms with Crippen molar-refractivity contribution in [3.05, 3.63) is 30.1 Å². The summed E-state index contributed by atoms with van der Waals surface area (Å²) in [7, 11) is 2.04. The number of hydrogen-bond donors (Lipinski definition) is 1. The topological polar surface area (TPSA) is 28.2 Å². The molecule has 0 amide bonds. The molecule has 2 heterocycles. The summed E-state index contributed by atoms with van der Waals surface area (Å²) in [5.41, 5.74) is 1.81. The van der Waals surface area contributed by atoms with Crippen molar-refractivity contribution in [1.29, 1.82) is 0 Å². The average Bonchev–Trinajstić information content (AvgIpc) is 2.62. The Bertz CT molecular complexity index is 325. The van der Waals surface area contributed by atoms with E-state index in [0.29, 0.717) is 5.41 Å². The zero-order chi connectivity index (χ0) is 11.4. The van der Waals surface area contributed by atoms with Crippen LogP contribution in [0.2, 0.25) is 0 Å². The summed E-state index contributed by atoms with van der Waals surface area (Å²) in [4.78, 5) is 6.58. The fraction of sp³-hybridized carbons (Fsp3) is 0.615. The van der Waals surface area contributed by atoms with Gasteiger partial charge in [-0.3, -0.25) is 9.88 Å². The molecule has 1 aromatic rings. The molecule has 1 aliphatic rings. The molecule has 0 bridgehead atoms. The van der Waals surface area contributed by atoms with E-state index in [4.69, 9.17) is 0 Å². The molecule has 0 spiro atoms. The average molecular weight is 219 g/mol. The van der Waals surface area contributed by atoms with Crippen molar-refractivity contribution in [2.24, 2.45) is 5.41 Å². The highest BCUT2D eigenvalue weighted by Gasteiger charge is 2.32. The second-order valence-corrected chi connectivity index (χ2v) is 5.16. The molecule has 88 valence electrons. The first-order chi connectivity index (χ1) is 7.72. The molecule has 1 aromatic heterocycles. The van der Waals surface area contributed by atoms with Crippen LogP contribution in [0.5, 0.6) is 0 Å². The van der Waals surface area contributed by atoms with Crippen LogP contribution in [0.25, 0.3) is 0 Å². The van der Waals surface area contributed by atoms with Crippen LogP contribution in [0.15, 0.2) is 24.5 Å². The molecule has 0 radical (unpaired) electrons. The highest BCUT2D eigenvalue weighted by Crippen LogP contribution is 2.29. The third-order valence-corrected chi connectivity index (χ3v) is 3.40. The second-order valence-electron chi connectivity index (χ2n) is 5.16. The van der Waals surface area contributed by atoms with Gasteiger partial charge in [0.25, 0.3) is 0 Å². The van der Waals surface area contributed by atoms with Gasteiger partial charge in [0.2, 0.25) is 0 Å². The van der Waals surface area contributed by atoms with Gasteiger partial charge >= 0.3 is 0 Å². The Balaban J connectivity index is 1.90. The van der Waals surface area contributed by atoms with Crippen LogP contribution in [0.3, 0.4) is 0 Å². The lowest BCUT2D eigenvalue weighted by Gasteiger charge is -2.24. The van der Waals surface area contributed by atoms with E-state index in [0.717, 1.165) is 13.1 Å². The van der Waals surface area contributed by atoms with Gasteiger partial charge in [0.15, 0.2) is 0 Å². The maximum atomic E-state index is 4.05. The molecule has 0 aliphatic carbocycles. The minimum atomic E-state index is 0.446. The number of nitrogens with one attached hydrogen (secondary N) is 1. The van der Waals surface area contributed by atoms with Gasteiger partial charge in [-0.1, -0.05) is 6.92 Å². The first-order valence-electron chi connectivity index (χ1n) is 5.98. The Kier molecular flexibility index (Phi) is 3.56. The molecular weight excluding hydrogens is 198 g/mol. The lowest BCUT2D eigenvalue weighted by molar-refractivity contribution is 0.265. The monoisotopic (exact) mass is 219 g/mol. The highest BCUT2D eigenvalue weighted by atomic mass is 15.2. The smallest absolute Gasteiger partial charge is 0.0271 e. The Morgan fingerprint density at radius 1 is 1.44 bits per heavy atom. The fourth-order valence-corrected chi connectivity index (χ4v) is 2.58. The molecule has 16 heavy (non-hydrogen) atoms. The first-order valence-corrected chi connectivity index (χ1v) is 5.98. The lowest BCUT2D eigenvalue weighted by atomic mass is 9.90. The van der Waals surface area contributed by atoms with E-state index in [1.54, 1.807) is 0 Å². The standard InChI is InChI=1S/C13H21N3/c1-13(10-14-2)5-8-16(11-13)9-12-3-6-15-7-4-12/h3-4,6-7,14H,5,8-11H2,1-2H3. The quantitative estimate of drug-likeness (QED) is 0.832. The van der Waals surface area contributed by atoms with Crippen LogP contribution in [-0.2, 0) is 6.54 Å². The van der Waals surface area contributed by atoms with E-state index in [-0.39, 0.29) is 0 Å². The Labute approximate surface area is 97.9 Å². The zero-order valence-electron chi connectivity index (χ0n) is 10.2. The Hall–Kier alpha value is -0.930. The predicted octanol–water partition coefficient (Wildman–Crippen LogP) is 1.51. The minimum Gasteiger partial charge on any atom is -0.319 e. The summed E-state index contributed by atoms with van der Waals surface area (Å²) < 4.78 is 0. The molecule has 0 aromatic carbocycles. The van der Waals surface area contributed by atoms with Crippen molar-refractivity contribution in [2.45, 2.75) is 19.9 Å². The molecule has 1 saturated heterocycles. The third kappa shape index (κ3) is 2.80. The molecule has 1 N–H and O–H groups in total. The van der Waals surface area contributed by atoms with Crippen LogP contribution in [0.4, 0.5) is 0 Å². The number of aromatic nitrogens is 1. The molecule has 3 heteroatoms. The summed E-state index contributed by atoms with van der Waals surface area (Å²) in [6.07, 6.45) is 5.04. The van der Waals surface area contributed by atoms with Gasteiger partial charge in [0.05, 0.1) is 0 Å². The van der Waals surface area contributed by atoms with Crippen LogP contribution >= 0.6 is 0 Å². The number of likely N-dealkylation sites (tertiary alicyclic amines) is 1. The molecule has 1 unspecified atom stereocenters. The van der Waals surface area contributed by atoms with Crippen molar-refractivity contribution in [2.75, 3.05) is 26.7 Å². The predicted molar refractivity (Wildman–Crippen MR) is 66.2 cm³/mol. The number of rotatable bonds is 4. The molecule has 1 aliphatic heterocycles. The van der Waals surface area contributed by atoms with Crippen LogP contribution < -0.4 is 5.32 Å². The largest absolute Gasteiger partial charge is 0.319 e. The summed E-state index contributed by atoms with van der Waals surface area (Å²) in [5, 5.41) is 3.30. The number of hydrogen-bond acceptors (Lipinski definition) is 3. The normalized spacial score (nSPS) is 26.1. The van der Waals surface area contributed by atoms with Gasteiger partial charge in [-0.05, 0) is 43.1 Å².